The van der Waals surface area contributed by atoms with Crippen LogP contribution >= 0.6 is 0 Å². The molecule has 21 heavy (non-hydrogen) atoms. The molecule has 118 valence electrons. The second kappa shape index (κ2) is 6.93. The Balaban J connectivity index is 1.97. The summed E-state index contributed by atoms with van der Waals surface area (Å²) in [5.41, 5.74) is 0. The van der Waals surface area contributed by atoms with Crippen molar-refractivity contribution in [3.63, 3.8) is 0 Å². The highest BCUT2D eigenvalue weighted by atomic mass is 16.3. The lowest BCUT2D eigenvalue weighted by Crippen LogP contribution is -2.48. The number of carbonyl (C=O) groups is 1. The Morgan fingerprint density at radius 2 is 2.38 bits per heavy atom. The first-order valence-corrected chi connectivity index (χ1v) is 7.73. The van der Waals surface area contributed by atoms with E-state index in [4.69, 9.17) is 0 Å². The molecule has 0 aromatic carbocycles. The number of aliphatic hydroxyl groups is 1. The van der Waals surface area contributed by atoms with Crippen molar-refractivity contribution < 1.29 is 9.90 Å². The van der Waals surface area contributed by atoms with Crippen LogP contribution in [0.1, 0.15) is 45.0 Å². The molecule has 0 radical (unpaired) electrons. The average molecular weight is 294 g/mol. The van der Waals surface area contributed by atoms with E-state index in [0.717, 1.165) is 25.8 Å². The van der Waals surface area contributed by atoms with Crippen LogP contribution in [0.15, 0.2) is 12.4 Å². The third-order valence-electron chi connectivity index (χ3n) is 4.30. The van der Waals surface area contributed by atoms with Crippen LogP contribution in [0.4, 0.5) is 4.79 Å². The van der Waals surface area contributed by atoms with Crippen molar-refractivity contribution in [3.05, 3.63) is 18.2 Å². The fourth-order valence-electron chi connectivity index (χ4n) is 2.73. The molecular formula is C15H26N4O2. The van der Waals surface area contributed by atoms with Crippen molar-refractivity contribution in [2.75, 3.05) is 13.1 Å². The van der Waals surface area contributed by atoms with Gasteiger partial charge in [-0.15, -0.1) is 0 Å². The van der Waals surface area contributed by atoms with Gasteiger partial charge in [0.1, 0.15) is 11.9 Å². The van der Waals surface area contributed by atoms with Crippen molar-refractivity contribution in [2.24, 2.45) is 13.0 Å². The molecule has 2 amide bonds. The van der Waals surface area contributed by atoms with Crippen molar-refractivity contribution in [1.82, 2.24) is 19.8 Å². The van der Waals surface area contributed by atoms with Crippen LogP contribution in [0.25, 0.3) is 0 Å². The van der Waals surface area contributed by atoms with Crippen LogP contribution in [-0.2, 0) is 7.05 Å². The van der Waals surface area contributed by atoms with E-state index in [9.17, 15) is 9.90 Å². The average Bonchev–Trinajstić information content (AvgIpc) is 2.92. The lowest BCUT2D eigenvalue weighted by Gasteiger charge is -2.35. The number of rotatable bonds is 4. The Kier molecular flexibility index (Phi) is 5.22. The van der Waals surface area contributed by atoms with Gasteiger partial charge in [-0.2, -0.15) is 0 Å². The molecule has 2 rings (SSSR count). The second-order valence-corrected chi connectivity index (χ2v) is 5.95. The summed E-state index contributed by atoms with van der Waals surface area (Å²) in [5.74, 6) is 0.715. The zero-order valence-corrected chi connectivity index (χ0v) is 13.1. The van der Waals surface area contributed by atoms with Crippen LogP contribution < -0.4 is 5.32 Å². The highest BCUT2D eigenvalue weighted by molar-refractivity contribution is 5.74. The first-order valence-electron chi connectivity index (χ1n) is 7.73. The van der Waals surface area contributed by atoms with Crippen molar-refractivity contribution in [1.29, 1.82) is 0 Å². The molecule has 3 atom stereocenters. The molecule has 3 unspecified atom stereocenters. The summed E-state index contributed by atoms with van der Waals surface area (Å²) in [5, 5.41) is 13.5. The predicted octanol–water partition coefficient (Wildman–Crippen LogP) is 1.67. The monoisotopic (exact) mass is 294 g/mol. The maximum atomic E-state index is 12.2. The van der Waals surface area contributed by atoms with Crippen LogP contribution in [0.3, 0.4) is 0 Å². The first kappa shape index (κ1) is 15.8. The van der Waals surface area contributed by atoms with Gasteiger partial charge in [0.05, 0.1) is 0 Å². The number of aryl methyl sites for hydroxylation is 1. The number of carbonyl (C=O) groups excluding carboxylic acids is 1. The summed E-state index contributed by atoms with van der Waals surface area (Å²) in [6.07, 6.45) is 5.65. The van der Waals surface area contributed by atoms with Crippen LogP contribution in [0.2, 0.25) is 0 Å². The molecular weight excluding hydrogens is 268 g/mol. The van der Waals surface area contributed by atoms with E-state index in [2.05, 4.69) is 17.2 Å². The van der Waals surface area contributed by atoms with Gasteiger partial charge in [-0.1, -0.05) is 6.92 Å². The molecule has 6 nitrogen and oxygen atoms in total. The first-order chi connectivity index (χ1) is 10.0. The van der Waals surface area contributed by atoms with Gasteiger partial charge in [0.25, 0.3) is 0 Å². The third-order valence-corrected chi connectivity index (χ3v) is 4.30. The maximum Gasteiger partial charge on any atom is 0.317 e. The number of amides is 2. The van der Waals surface area contributed by atoms with Crippen LogP contribution in [0, 0.1) is 5.92 Å². The Hall–Kier alpha value is -1.56. The number of aliphatic hydroxyl groups excluding tert-OH is 1. The summed E-state index contributed by atoms with van der Waals surface area (Å²) in [4.78, 5) is 18.2. The highest BCUT2D eigenvalue weighted by Gasteiger charge is 2.31. The smallest absolute Gasteiger partial charge is 0.317 e. The fraction of sp³-hybridized carbons (Fsp3) is 0.733. The maximum absolute atomic E-state index is 12.2. The Morgan fingerprint density at radius 1 is 1.62 bits per heavy atom. The van der Waals surface area contributed by atoms with E-state index in [1.807, 2.05) is 29.6 Å². The third kappa shape index (κ3) is 3.75. The normalized spacial score (nSPS) is 21.9. The fourth-order valence-corrected chi connectivity index (χ4v) is 2.73. The molecule has 1 fully saturated rings. The SMILES string of the molecule is CCC(C)NC(=O)N1CCCC(C(O)c2nccn2C)C1. The molecule has 2 heterocycles. The number of nitrogens with one attached hydrogen (secondary N) is 1. The van der Waals surface area contributed by atoms with Gasteiger partial charge in [-0.05, 0) is 26.2 Å². The van der Waals surface area contributed by atoms with E-state index in [1.165, 1.54) is 0 Å². The van der Waals surface area contributed by atoms with Crippen LogP contribution in [-0.4, -0.2) is 44.7 Å². The number of aromatic nitrogens is 2. The van der Waals surface area contributed by atoms with E-state index in [1.54, 1.807) is 6.20 Å². The van der Waals surface area contributed by atoms with E-state index < -0.39 is 6.10 Å². The van der Waals surface area contributed by atoms with E-state index in [-0.39, 0.29) is 18.0 Å². The molecule has 0 bridgehead atoms. The molecule has 6 heteroatoms. The minimum Gasteiger partial charge on any atom is -0.385 e. The second-order valence-electron chi connectivity index (χ2n) is 5.95. The number of imidazole rings is 1. The summed E-state index contributed by atoms with van der Waals surface area (Å²) in [6, 6.07) is 0.151. The van der Waals surface area contributed by atoms with Gasteiger partial charge in [0.15, 0.2) is 0 Å². The summed E-state index contributed by atoms with van der Waals surface area (Å²) < 4.78 is 1.84. The Bertz CT molecular complexity index is 474. The molecule has 1 aromatic heterocycles. The van der Waals surface area contributed by atoms with Gasteiger partial charge in [-0.25, -0.2) is 9.78 Å². The molecule has 0 saturated carbocycles. The molecule has 1 aliphatic rings. The van der Waals surface area contributed by atoms with Crippen molar-refractivity contribution in [3.8, 4) is 0 Å². The lowest BCUT2D eigenvalue weighted by atomic mass is 9.92. The standard InChI is InChI=1S/C15H26N4O2/c1-4-11(2)17-15(21)19-8-5-6-12(10-19)13(20)14-16-7-9-18(14)3/h7,9,11-13,20H,4-6,8,10H2,1-3H3,(H,17,21). The topological polar surface area (TPSA) is 70.4 Å². The Labute approximate surface area is 126 Å². The number of hydrogen-bond donors (Lipinski definition) is 2. The van der Waals surface area contributed by atoms with Crippen molar-refractivity contribution >= 4 is 6.03 Å². The molecule has 1 aromatic rings. The zero-order valence-electron chi connectivity index (χ0n) is 13.1. The summed E-state index contributed by atoms with van der Waals surface area (Å²) in [6.45, 7) is 5.39. The van der Waals surface area contributed by atoms with Gasteiger partial charge in [-0.3, -0.25) is 0 Å². The van der Waals surface area contributed by atoms with E-state index in [0.29, 0.717) is 12.4 Å². The van der Waals surface area contributed by atoms with Gasteiger partial charge in [0, 0.05) is 44.5 Å². The van der Waals surface area contributed by atoms with E-state index >= 15 is 0 Å². The number of urea groups is 1. The molecule has 1 aliphatic heterocycles. The van der Waals surface area contributed by atoms with Gasteiger partial charge in [0.2, 0.25) is 0 Å². The lowest BCUT2D eigenvalue weighted by molar-refractivity contribution is 0.0529. The van der Waals surface area contributed by atoms with Crippen LogP contribution in [0.5, 0.6) is 0 Å². The number of piperidine rings is 1. The minimum absolute atomic E-state index is 0.0268. The molecule has 0 spiro atoms. The predicted molar refractivity (Wildman–Crippen MR) is 80.7 cm³/mol. The largest absolute Gasteiger partial charge is 0.385 e. The number of nitrogens with zero attached hydrogens (tertiary/aromatic N) is 3. The number of likely N-dealkylation sites (tertiary alicyclic amines) is 1. The van der Waals surface area contributed by atoms with Gasteiger partial charge >= 0.3 is 6.03 Å². The Morgan fingerprint density at radius 3 is 3.00 bits per heavy atom. The highest BCUT2D eigenvalue weighted by Crippen LogP contribution is 2.28. The summed E-state index contributed by atoms with van der Waals surface area (Å²) >= 11 is 0. The molecule has 0 aliphatic carbocycles. The van der Waals surface area contributed by atoms with Crippen molar-refractivity contribution in [2.45, 2.75) is 45.3 Å². The molecule has 2 N–H and O–H groups in total. The molecule has 1 saturated heterocycles. The van der Waals surface area contributed by atoms with Gasteiger partial charge < -0.3 is 19.9 Å². The quantitative estimate of drug-likeness (QED) is 0.887. The number of hydrogen-bond acceptors (Lipinski definition) is 3. The minimum atomic E-state index is -0.621. The zero-order chi connectivity index (χ0) is 15.4. The summed E-state index contributed by atoms with van der Waals surface area (Å²) in [7, 11) is 1.88.